The predicted octanol–water partition coefficient (Wildman–Crippen LogP) is 1.88. The first-order chi connectivity index (χ1) is 11.5. The fourth-order valence-corrected chi connectivity index (χ4v) is 2.95. The zero-order chi connectivity index (χ0) is 17.3. The van der Waals surface area contributed by atoms with E-state index in [1.807, 2.05) is 35.3 Å². The Kier molecular flexibility index (Phi) is 4.33. The molecule has 7 nitrogen and oxygen atoms in total. The van der Waals surface area contributed by atoms with E-state index in [4.69, 9.17) is 0 Å². The molecule has 1 saturated heterocycles. The third kappa shape index (κ3) is 3.15. The maximum absolute atomic E-state index is 12.1. The molecule has 128 valence electrons. The van der Waals surface area contributed by atoms with Crippen LogP contribution < -0.4 is 10.2 Å². The SMILES string of the molecule is CC(C)NC(=O)N1CCN(c2ccc3ccc(C(=O)O)cn23)CC1. The van der Waals surface area contributed by atoms with Crippen molar-refractivity contribution >= 4 is 23.3 Å². The number of hydrogen-bond acceptors (Lipinski definition) is 3. The number of aromatic nitrogens is 1. The van der Waals surface area contributed by atoms with Crippen LogP contribution in [0.1, 0.15) is 24.2 Å². The molecule has 1 fully saturated rings. The molecule has 1 aliphatic heterocycles. The first-order valence-electron chi connectivity index (χ1n) is 8.10. The van der Waals surface area contributed by atoms with Crippen molar-refractivity contribution in [3.05, 3.63) is 36.0 Å². The number of aromatic carboxylic acids is 1. The van der Waals surface area contributed by atoms with Gasteiger partial charge in [0.2, 0.25) is 0 Å². The number of pyridine rings is 1. The molecule has 0 aliphatic carbocycles. The van der Waals surface area contributed by atoms with Gasteiger partial charge in [-0.15, -0.1) is 0 Å². The Hall–Kier alpha value is -2.70. The monoisotopic (exact) mass is 330 g/mol. The minimum absolute atomic E-state index is 0.0298. The van der Waals surface area contributed by atoms with Crippen LogP contribution >= 0.6 is 0 Å². The maximum Gasteiger partial charge on any atom is 0.337 e. The Morgan fingerprint density at radius 3 is 2.38 bits per heavy atom. The summed E-state index contributed by atoms with van der Waals surface area (Å²) in [5, 5.41) is 12.1. The standard InChI is InChI=1S/C17H22N4O3/c1-12(2)18-17(24)20-9-7-19(8-10-20)15-6-5-14-4-3-13(16(22)23)11-21(14)15/h3-6,11-12H,7-10H2,1-2H3,(H,18,24)(H,22,23). The van der Waals surface area contributed by atoms with E-state index in [1.165, 1.54) is 0 Å². The molecular weight excluding hydrogens is 308 g/mol. The molecule has 0 saturated carbocycles. The summed E-state index contributed by atoms with van der Waals surface area (Å²) in [6, 6.07) is 7.47. The lowest BCUT2D eigenvalue weighted by Gasteiger charge is -2.36. The van der Waals surface area contributed by atoms with Crippen LogP contribution in [0.15, 0.2) is 30.5 Å². The van der Waals surface area contributed by atoms with Gasteiger partial charge < -0.3 is 24.6 Å². The molecule has 24 heavy (non-hydrogen) atoms. The summed E-state index contributed by atoms with van der Waals surface area (Å²) in [6.45, 7) is 6.61. The van der Waals surface area contributed by atoms with E-state index in [2.05, 4.69) is 10.2 Å². The van der Waals surface area contributed by atoms with E-state index in [0.717, 1.165) is 24.4 Å². The molecule has 0 aromatic carbocycles. The second kappa shape index (κ2) is 6.43. The van der Waals surface area contributed by atoms with Gasteiger partial charge in [-0.1, -0.05) is 0 Å². The van der Waals surface area contributed by atoms with Crippen molar-refractivity contribution in [3.63, 3.8) is 0 Å². The van der Waals surface area contributed by atoms with Crippen LogP contribution in [0.3, 0.4) is 0 Å². The van der Waals surface area contributed by atoms with Crippen LogP contribution in [0.4, 0.5) is 10.6 Å². The van der Waals surface area contributed by atoms with Crippen molar-refractivity contribution < 1.29 is 14.7 Å². The second-order valence-corrected chi connectivity index (χ2v) is 6.29. The summed E-state index contributed by atoms with van der Waals surface area (Å²) < 4.78 is 1.90. The Labute approximate surface area is 140 Å². The Balaban J connectivity index is 1.75. The van der Waals surface area contributed by atoms with E-state index >= 15 is 0 Å². The molecule has 0 atom stereocenters. The van der Waals surface area contributed by atoms with Gasteiger partial charge in [0.1, 0.15) is 5.82 Å². The van der Waals surface area contributed by atoms with Crippen molar-refractivity contribution in [3.8, 4) is 0 Å². The van der Waals surface area contributed by atoms with Gasteiger partial charge in [-0.2, -0.15) is 0 Å². The number of hydrogen-bond donors (Lipinski definition) is 2. The van der Waals surface area contributed by atoms with Gasteiger partial charge in [0.05, 0.1) is 5.56 Å². The van der Waals surface area contributed by atoms with Crippen molar-refractivity contribution in [1.29, 1.82) is 0 Å². The molecule has 0 unspecified atom stereocenters. The molecule has 0 spiro atoms. The molecule has 2 aromatic rings. The number of amides is 2. The molecule has 0 radical (unpaired) electrons. The number of piperazine rings is 1. The van der Waals surface area contributed by atoms with Gasteiger partial charge in [0, 0.05) is 43.9 Å². The predicted molar refractivity (Wildman–Crippen MR) is 91.8 cm³/mol. The van der Waals surface area contributed by atoms with Crippen LogP contribution in [-0.2, 0) is 0 Å². The molecule has 1 aliphatic rings. The molecule has 3 rings (SSSR count). The second-order valence-electron chi connectivity index (χ2n) is 6.29. The zero-order valence-electron chi connectivity index (χ0n) is 13.9. The lowest BCUT2D eigenvalue weighted by Crippen LogP contribution is -2.53. The fourth-order valence-electron chi connectivity index (χ4n) is 2.95. The zero-order valence-corrected chi connectivity index (χ0v) is 13.9. The summed E-state index contributed by atoms with van der Waals surface area (Å²) in [6.07, 6.45) is 1.64. The molecule has 2 aromatic heterocycles. The summed E-state index contributed by atoms with van der Waals surface area (Å²) >= 11 is 0. The third-order valence-corrected chi connectivity index (χ3v) is 4.18. The van der Waals surface area contributed by atoms with Crippen molar-refractivity contribution in [1.82, 2.24) is 14.6 Å². The minimum Gasteiger partial charge on any atom is -0.478 e. The van der Waals surface area contributed by atoms with E-state index in [1.54, 1.807) is 18.3 Å². The van der Waals surface area contributed by atoms with Gasteiger partial charge in [0.25, 0.3) is 0 Å². The Morgan fingerprint density at radius 2 is 1.75 bits per heavy atom. The van der Waals surface area contributed by atoms with E-state index < -0.39 is 5.97 Å². The number of urea groups is 1. The van der Waals surface area contributed by atoms with Crippen LogP contribution in [0, 0.1) is 0 Å². The number of carboxylic acids is 1. The minimum atomic E-state index is -0.938. The van der Waals surface area contributed by atoms with Gasteiger partial charge in [0.15, 0.2) is 0 Å². The Bertz CT molecular complexity index is 760. The van der Waals surface area contributed by atoms with Gasteiger partial charge in [-0.25, -0.2) is 9.59 Å². The number of rotatable bonds is 3. The average molecular weight is 330 g/mol. The number of anilines is 1. The highest BCUT2D eigenvalue weighted by atomic mass is 16.4. The first-order valence-corrected chi connectivity index (χ1v) is 8.10. The largest absolute Gasteiger partial charge is 0.478 e. The number of carboxylic acid groups (broad SMARTS) is 1. The maximum atomic E-state index is 12.1. The van der Waals surface area contributed by atoms with E-state index in [0.29, 0.717) is 13.1 Å². The van der Waals surface area contributed by atoms with E-state index in [9.17, 15) is 14.7 Å². The van der Waals surface area contributed by atoms with Crippen molar-refractivity contribution in [2.75, 3.05) is 31.1 Å². The lowest BCUT2D eigenvalue weighted by atomic mass is 10.3. The number of carbonyl (C=O) groups is 2. The normalized spacial score (nSPS) is 15.1. The van der Waals surface area contributed by atoms with Gasteiger partial charge >= 0.3 is 12.0 Å². The summed E-state index contributed by atoms with van der Waals surface area (Å²) in [4.78, 5) is 27.2. The molecular formula is C17H22N4O3. The third-order valence-electron chi connectivity index (χ3n) is 4.18. The molecule has 2 N–H and O–H groups in total. The highest BCUT2D eigenvalue weighted by Crippen LogP contribution is 2.22. The molecule has 0 bridgehead atoms. The summed E-state index contributed by atoms with van der Waals surface area (Å²) in [7, 11) is 0. The smallest absolute Gasteiger partial charge is 0.337 e. The van der Waals surface area contributed by atoms with Gasteiger partial charge in [-0.3, -0.25) is 0 Å². The highest BCUT2D eigenvalue weighted by Gasteiger charge is 2.23. The quantitative estimate of drug-likeness (QED) is 0.901. The lowest BCUT2D eigenvalue weighted by molar-refractivity contribution is 0.0696. The van der Waals surface area contributed by atoms with Crippen molar-refractivity contribution in [2.45, 2.75) is 19.9 Å². The summed E-state index contributed by atoms with van der Waals surface area (Å²) in [5.41, 5.74) is 1.21. The molecule has 7 heteroatoms. The number of carbonyl (C=O) groups excluding carboxylic acids is 1. The fraction of sp³-hybridized carbons (Fsp3) is 0.412. The van der Waals surface area contributed by atoms with Crippen LogP contribution in [-0.4, -0.2) is 58.6 Å². The highest BCUT2D eigenvalue weighted by molar-refractivity contribution is 5.88. The summed E-state index contributed by atoms with van der Waals surface area (Å²) in [5.74, 6) is 0.0174. The number of nitrogens with one attached hydrogen (secondary N) is 1. The molecule has 3 heterocycles. The number of nitrogens with zero attached hydrogens (tertiary/aromatic N) is 3. The first kappa shape index (κ1) is 16.2. The van der Waals surface area contributed by atoms with Crippen LogP contribution in [0.2, 0.25) is 0 Å². The van der Waals surface area contributed by atoms with E-state index in [-0.39, 0.29) is 17.6 Å². The van der Waals surface area contributed by atoms with Crippen LogP contribution in [0.5, 0.6) is 0 Å². The van der Waals surface area contributed by atoms with Crippen LogP contribution in [0.25, 0.3) is 5.52 Å². The molecule has 2 amide bonds. The Morgan fingerprint density at radius 1 is 1.08 bits per heavy atom. The van der Waals surface area contributed by atoms with Gasteiger partial charge in [-0.05, 0) is 38.1 Å². The average Bonchev–Trinajstić information content (AvgIpc) is 2.97. The number of fused-ring (bicyclic) bond motifs is 1. The van der Waals surface area contributed by atoms with Crippen molar-refractivity contribution in [2.24, 2.45) is 0 Å². The topological polar surface area (TPSA) is 77.3 Å².